The minimum Gasteiger partial charge on any atom is -0.353 e. The molecule has 2 aromatic heterocycles. The minimum atomic E-state index is -4.46. The third kappa shape index (κ3) is 4.98. The number of anilines is 3. The summed E-state index contributed by atoms with van der Waals surface area (Å²) in [7, 11) is 0. The Morgan fingerprint density at radius 3 is 2.34 bits per heavy atom. The standard InChI is InChI=1S/C24H25ClF3N7/c1-16-5-4-10-35(16)23-31-20(17-6-2-7-18(25)15-17)30-22(32-23)34-13-11-33(12-14-34)21-19(24(26,27)28)8-3-9-29-21/h2-3,6-9,15-16H,4-5,10-14H2,1H3. The largest absolute Gasteiger partial charge is 0.419 e. The Labute approximate surface area is 206 Å². The predicted octanol–water partition coefficient (Wildman–Crippen LogP) is 4.92. The summed E-state index contributed by atoms with van der Waals surface area (Å²) in [6.45, 7) is 4.68. The van der Waals surface area contributed by atoms with Crippen LogP contribution in [-0.2, 0) is 6.18 Å². The molecule has 0 N–H and O–H groups in total. The van der Waals surface area contributed by atoms with E-state index in [1.54, 1.807) is 11.0 Å². The average Bonchev–Trinajstić information content (AvgIpc) is 3.29. The summed E-state index contributed by atoms with van der Waals surface area (Å²) >= 11 is 6.21. The van der Waals surface area contributed by atoms with E-state index in [2.05, 4.69) is 16.8 Å². The lowest BCUT2D eigenvalue weighted by molar-refractivity contribution is -0.137. The van der Waals surface area contributed by atoms with Crippen molar-refractivity contribution >= 4 is 29.3 Å². The van der Waals surface area contributed by atoms with Crippen LogP contribution < -0.4 is 14.7 Å². The van der Waals surface area contributed by atoms with Crippen molar-refractivity contribution in [1.82, 2.24) is 19.9 Å². The summed E-state index contributed by atoms with van der Waals surface area (Å²) in [5.74, 6) is 1.61. The van der Waals surface area contributed by atoms with E-state index in [1.807, 2.05) is 23.1 Å². The molecular weight excluding hydrogens is 479 g/mol. The lowest BCUT2D eigenvalue weighted by Gasteiger charge is -2.36. The number of rotatable bonds is 4. The van der Waals surface area contributed by atoms with Crippen LogP contribution in [0, 0.1) is 0 Å². The zero-order chi connectivity index (χ0) is 24.6. The minimum absolute atomic E-state index is 0.0403. The summed E-state index contributed by atoms with van der Waals surface area (Å²) in [6.07, 6.45) is -0.928. The summed E-state index contributed by atoms with van der Waals surface area (Å²) < 4.78 is 40.5. The van der Waals surface area contributed by atoms with E-state index in [0.717, 1.165) is 31.0 Å². The van der Waals surface area contributed by atoms with E-state index in [-0.39, 0.29) is 5.82 Å². The molecule has 1 aromatic carbocycles. The Morgan fingerprint density at radius 2 is 1.66 bits per heavy atom. The lowest BCUT2D eigenvalue weighted by atomic mass is 10.2. The van der Waals surface area contributed by atoms with Crippen LogP contribution in [0.1, 0.15) is 25.3 Å². The second-order valence-electron chi connectivity index (χ2n) is 8.80. The molecule has 4 heterocycles. The van der Waals surface area contributed by atoms with Crippen molar-refractivity contribution in [3.63, 3.8) is 0 Å². The summed E-state index contributed by atoms with van der Waals surface area (Å²) in [4.78, 5) is 24.1. The molecule has 0 amide bonds. The van der Waals surface area contributed by atoms with Crippen molar-refractivity contribution in [2.45, 2.75) is 32.0 Å². The molecule has 0 radical (unpaired) electrons. The van der Waals surface area contributed by atoms with Gasteiger partial charge in [0.1, 0.15) is 5.82 Å². The van der Waals surface area contributed by atoms with Crippen LogP contribution in [0.2, 0.25) is 5.02 Å². The van der Waals surface area contributed by atoms with Crippen LogP contribution in [0.5, 0.6) is 0 Å². The van der Waals surface area contributed by atoms with Crippen molar-refractivity contribution in [2.75, 3.05) is 47.4 Å². The number of hydrogen-bond donors (Lipinski definition) is 0. The fourth-order valence-corrected chi connectivity index (χ4v) is 4.79. The molecule has 2 saturated heterocycles. The van der Waals surface area contributed by atoms with Gasteiger partial charge in [0.15, 0.2) is 5.82 Å². The van der Waals surface area contributed by atoms with Crippen molar-refractivity contribution in [2.24, 2.45) is 0 Å². The first-order valence-corrected chi connectivity index (χ1v) is 12.0. The van der Waals surface area contributed by atoms with Gasteiger partial charge in [-0.3, -0.25) is 0 Å². The molecule has 184 valence electrons. The van der Waals surface area contributed by atoms with Crippen molar-refractivity contribution in [3.05, 3.63) is 53.2 Å². The van der Waals surface area contributed by atoms with Crippen LogP contribution >= 0.6 is 11.6 Å². The van der Waals surface area contributed by atoms with E-state index < -0.39 is 11.7 Å². The number of nitrogens with zero attached hydrogens (tertiary/aromatic N) is 7. The van der Waals surface area contributed by atoms with Gasteiger partial charge in [0, 0.05) is 55.5 Å². The maximum Gasteiger partial charge on any atom is 0.419 e. The van der Waals surface area contributed by atoms with Gasteiger partial charge in [-0.15, -0.1) is 0 Å². The first-order chi connectivity index (χ1) is 16.8. The van der Waals surface area contributed by atoms with Gasteiger partial charge in [-0.1, -0.05) is 23.7 Å². The summed E-state index contributed by atoms with van der Waals surface area (Å²) in [6, 6.07) is 10.1. The van der Waals surface area contributed by atoms with Gasteiger partial charge in [-0.05, 0) is 44.0 Å². The van der Waals surface area contributed by atoms with Gasteiger partial charge >= 0.3 is 6.18 Å². The Morgan fingerprint density at radius 1 is 0.914 bits per heavy atom. The molecule has 11 heteroatoms. The first kappa shape index (κ1) is 23.6. The molecule has 0 aliphatic carbocycles. The fraction of sp³-hybridized carbons (Fsp3) is 0.417. The topological polar surface area (TPSA) is 61.3 Å². The number of aromatic nitrogens is 4. The highest BCUT2D eigenvalue weighted by molar-refractivity contribution is 6.30. The van der Waals surface area contributed by atoms with Gasteiger partial charge in [-0.2, -0.15) is 28.1 Å². The third-order valence-electron chi connectivity index (χ3n) is 6.46. The SMILES string of the molecule is CC1CCCN1c1nc(-c2cccc(Cl)c2)nc(N2CCN(c3ncccc3C(F)(F)F)CC2)n1. The average molecular weight is 504 g/mol. The molecule has 0 spiro atoms. The fourth-order valence-electron chi connectivity index (χ4n) is 4.60. The van der Waals surface area contributed by atoms with Crippen LogP contribution in [0.25, 0.3) is 11.4 Å². The smallest absolute Gasteiger partial charge is 0.353 e. The molecule has 1 unspecified atom stereocenters. The Balaban J connectivity index is 1.43. The van der Waals surface area contributed by atoms with Gasteiger partial charge in [-0.25, -0.2) is 4.98 Å². The molecule has 2 aliphatic heterocycles. The number of alkyl halides is 3. The van der Waals surface area contributed by atoms with Crippen LogP contribution in [0.15, 0.2) is 42.6 Å². The molecule has 5 rings (SSSR count). The van der Waals surface area contributed by atoms with Crippen LogP contribution in [-0.4, -0.2) is 58.7 Å². The van der Waals surface area contributed by atoms with E-state index >= 15 is 0 Å². The second-order valence-corrected chi connectivity index (χ2v) is 9.24. The number of pyridine rings is 1. The Kier molecular flexibility index (Phi) is 6.39. The number of piperazine rings is 1. The van der Waals surface area contributed by atoms with Gasteiger partial charge in [0.25, 0.3) is 0 Å². The molecule has 35 heavy (non-hydrogen) atoms. The van der Waals surface area contributed by atoms with Crippen molar-refractivity contribution < 1.29 is 13.2 Å². The predicted molar refractivity (Wildman–Crippen MR) is 130 cm³/mol. The highest BCUT2D eigenvalue weighted by Gasteiger charge is 2.36. The first-order valence-electron chi connectivity index (χ1n) is 11.6. The number of hydrogen-bond acceptors (Lipinski definition) is 7. The number of benzene rings is 1. The molecule has 7 nitrogen and oxygen atoms in total. The van der Waals surface area contributed by atoms with Gasteiger partial charge in [0.2, 0.25) is 11.9 Å². The van der Waals surface area contributed by atoms with Gasteiger partial charge in [0.05, 0.1) is 5.56 Å². The second kappa shape index (κ2) is 9.49. The summed E-state index contributed by atoms with van der Waals surface area (Å²) in [5, 5.41) is 0.588. The van der Waals surface area contributed by atoms with Crippen LogP contribution in [0.3, 0.4) is 0 Å². The monoisotopic (exact) mass is 503 g/mol. The maximum atomic E-state index is 13.5. The zero-order valence-electron chi connectivity index (χ0n) is 19.2. The molecule has 0 saturated carbocycles. The normalized spacial score (nSPS) is 18.9. The molecule has 2 aliphatic rings. The van der Waals surface area contributed by atoms with Crippen molar-refractivity contribution in [3.8, 4) is 11.4 Å². The zero-order valence-corrected chi connectivity index (χ0v) is 20.0. The van der Waals surface area contributed by atoms with E-state index in [1.165, 1.54) is 12.3 Å². The molecule has 3 aromatic rings. The quantitative estimate of drug-likeness (QED) is 0.500. The number of halogens is 4. The summed E-state index contributed by atoms with van der Waals surface area (Å²) in [5.41, 5.74) is 0.0679. The molecule has 1 atom stereocenters. The Bertz CT molecular complexity index is 1200. The van der Waals surface area contributed by atoms with Crippen LogP contribution in [0.4, 0.5) is 30.9 Å². The molecular formula is C24H25ClF3N7. The van der Waals surface area contributed by atoms with E-state index in [0.29, 0.717) is 55.0 Å². The molecule has 0 bridgehead atoms. The highest BCUT2D eigenvalue weighted by atomic mass is 35.5. The van der Waals surface area contributed by atoms with E-state index in [9.17, 15) is 13.2 Å². The van der Waals surface area contributed by atoms with Crippen molar-refractivity contribution in [1.29, 1.82) is 0 Å². The maximum absolute atomic E-state index is 13.5. The lowest BCUT2D eigenvalue weighted by Crippen LogP contribution is -2.48. The van der Waals surface area contributed by atoms with Gasteiger partial charge < -0.3 is 14.7 Å². The third-order valence-corrected chi connectivity index (χ3v) is 6.69. The highest BCUT2D eigenvalue weighted by Crippen LogP contribution is 2.35. The molecule has 2 fully saturated rings. The Hall–Kier alpha value is -3.14. The van der Waals surface area contributed by atoms with E-state index in [4.69, 9.17) is 26.6 Å².